The molecular formula is C15H19ClFNO. The zero-order chi connectivity index (χ0) is 13.8. The number of aryl methyl sites for hydroxylation is 1. The third kappa shape index (κ3) is 3.69. The Morgan fingerprint density at radius 3 is 2.68 bits per heavy atom. The Balaban J connectivity index is 1.96. The van der Waals surface area contributed by atoms with Crippen molar-refractivity contribution in [2.45, 2.75) is 38.6 Å². The van der Waals surface area contributed by atoms with Gasteiger partial charge >= 0.3 is 0 Å². The van der Waals surface area contributed by atoms with Crippen LogP contribution in [0, 0.1) is 18.7 Å². The smallest absolute Gasteiger partial charge is 0.251 e. The van der Waals surface area contributed by atoms with E-state index in [1.54, 1.807) is 6.07 Å². The van der Waals surface area contributed by atoms with Crippen molar-refractivity contribution in [1.82, 2.24) is 5.32 Å². The van der Waals surface area contributed by atoms with Crippen LogP contribution in [-0.4, -0.2) is 17.8 Å². The van der Waals surface area contributed by atoms with Gasteiger partial charge < -0.3 is 5.32 Å². The molecule has 2 nitrogen and oxygen atoms in total. The number of hydrogen-bond donors (Lipinski definition) is 1. The summed E-state index contributed by atoms with van der Waals surface area (Å²) >= 11 is 5.84. The average molecular weight is 284 g/mol. The zero-order valence-electron chi connectivity index (χ0n) is 11.1. The second-order valence-corrected chi connectivity index (χ2v) is 5.61. The Morgan fingerprint density at radius 2 is 2.05 bits per heavy atom. The summed E-state index contributed by atoms with van der Waals surface area (Å²) in [6.07, 6.45) is 4.02. The van der Waals surface area contributed by atoms with Crippen molar-refractivity contribution in [3.8, 4) is 0 Å². The van der Waals surface area contributed by atoms with Gasteiger partial charge in [0.1, 0.15) is 5.82 Å². The van der Waals surface area contributed by atoms with Crippen LogP contribution in [0.2, 0.25) is 0 Å². The molecule has 104 valence electrons. The lowest BCUT2D eigenvalue weighted by molar-refractivity contribution is 0.0922. The number of benzene rings is 1. The number of carbonyl (C=O) groups is 1. The van der Waals surface area contributed by atoms with E-state index >= 15 is 0 Å². The molecule has 0 radical (unpaired) electrons. The zero-order valence-corrected chi connectivity index (χ0v) is 11.8. The average Bonchev–Trinajstić information content (AvgIpc) is 2.42. The van der Waals surface area contributed by atoms with Gasteiger partial charge in [0.2, 0.25) is 0 Å². The minimum atomic E-state index is -0.374. The molecule has 19 heavy (non-hydrogen) atoms. The molecule has 1 aliphatic rings. The number of hydrogen-bond acceptors (Lipinski definition) is 1. The van der Waals surface area contributed by atoms with Gasteiger partial charge in [-0.2, -0.15) is 0 Å². The van der Waals surface area contributed by atoms with E-state index < -0.39 is 0 Å². The molecule has 0 saturated heterocycles. The van der Waals surface area contributed by atoms with Crippen LogP contribution >= 0.6 is 11.6 Å². The topological polar surface area (TPSA) is 29.1 Å². The van der Waals surface area contributed by atoms with Gasteiger partial charge in [0.25, 0.3) is 5.91 Å². The van der Waals surface area contributed by atoms with Gasteiger partial charge in [-0.05, 0) is 56.2 Å². The highest BCUT2D eigenvalue weighted by molar-refractivity contribution is 6.18. The minimum absolute atomic E-state index is 0.175. The lowest BCUT2D eigenvalue weighted by Crippen LogP contribution is -2.38. The molecule has 1 saturated carbocycles. The molecule has 1 aromatic carbocycles. The van der Waals surface area contributed by atoms with Crippen molar-refractivity contribution >= 4 is 17.5 Å². The molecule has 1 aromatic rings. The van der Waals surface area contributed by atoms with Crippen LogP contribution in [-0.2, 0) is 0 Å². The number of alkyl halides is 1. The molecule has 0 unspecified atom stereocenters. The van der Waals surface area contributed by atoms with Gasteiger partial charge in [0.05, 0.1) is 0 Å². The van der Waals surface area contributed by atoms with E-state index in [-0.39, 0.29) is 17.8 Å². The normalized spacial score (nSPS) is 23.1. The van der Waals surface area contributed by atoms with Crippen molar-refractivity contribution < 1.29 is 9.18 Å². The monoisotopic (exact) mass is 283 g/mol. The Bertz CT molecular complexity index is 455. The molecule has 0 bridgehead atoms. The first-order chi connectivity index (χ1) is 9.10. The van der Waals surface area contributed by atoms with Crippen molar-refractivity contribution in [2.24, 2.45) is 5.92 Å². The maximum Gasteiger partial charge on any atom is 0.251 e. The van der Waals surface area contributed by atoms with Crippen LogP contribution < -0.4 is 5.32 Å². The Labute approximate surface area is 118 Å². The second kappa shape index (κ2) is 6.38. The lowest BCUT2D eigenvalue weighted by atomic mass is 9.87. The lowest BCUT2D eigenvalue weighted by Gasteiger charge is -2.28. The van der Waals surface area contributed by atoms with E-state index in [0.717, 1.165) is 31.2 Å². The summed E-state index contributed by atoms with van der Waals surface area (Å²) in [6, 6.07) is 4.50. The second-order valence-electron chi connectivity index (χ2n) is 5.30. The minimum Gasteiger partial charge on any atom is -0.349 e. The third-order valence-electron chi connectivity index (χ3n) is 3.84. The Morgan fingerprint density at radius 1 is 1.37 bits per heavy atom. The number of carbonyl (C=O) groups excluding carboxylic acids is 1. The van der Waals surface area contributed by atoms with Crippen LogP contribution in [0.3, 0.4) is 0 Å². The summed E-state index contributed by atoms with van der Waals surface area (Å²) in [4.78, 5) is 12.1. The van der Waals surface area contributed by atoms with Crippen LogP contribution in [0.4, 0.5) is 4.39 Å². The molecule has 1 amide bonds. The number of halogens is 2. The molecule has 2 rings (SSSR count). The molecule has 4 heteroatoms. The molecule has 0 aromatic heterocycles. The number of rotatable bonds is 3. The maximum absolute atomic E-state index is 13.2. The van der Waals surface area contributed by atoms with Crippen molar-refractivity contribution in [2.75, 3.05) is 5.88 Å². The van der Waals surface area contributed by atoms with E-state index in [2.05, 4.69) is 5.32 Å². The van der Waals surface area contributed by atoms with Crippen molar-refractivity contribution in [1.29, 1.82) is 0 Å². The van der Waals surface area contributed by atoms with Gasteiger partial charge in [0, 0.05) is 17.5 Å². The standard InChI is InChI=1S/C15H19ClFNO/c1-10-2-5-12(17)8-14(10)15(19)18-13-6-3-11(9-16)4-7-13/h2,5,8,11,13H,3-4,6-7,9H2,1H3,(H,18,19). The first kappa shape index (κ1) is 14.3. The van der Waals surface area contributed by atoms with Crippen molar-refractivity contribution in [3.63, 3.8) is 0 Å². The summed E-state index contributed by atoms with van der Waals surface area (Å²) < 4.78 is 13.2. The van der Waals surface area contributed by atoms with E-state index in [1.807, 2.05) is 6.92 Å². The van der Waals surface area contributed by atoms with E-state index in [1.165, 1.54) is 12.1 Å². The molecular weight excluding hydrogens is 265 g/mol. The number of nitrogens with one attached hydrogen (secondary N) is 1. The molecule has 1 fully saturated rings. The number of amides is 1. The summed E-state index contributed by atoms with van der Waals surface area (Å²) in [6.45, 7) is 1.82. The van der Waals surface area contributed by atoms with Crippen LogP contribution in [0.5, 0.6) is 0 Å². The van der Waals surface area contributed by atoms with Crippen LogP contribution in [0.15, 0.2) is 18.2 Å². The van der Waals surface area contributed by atoms with Gasteiger partial charge in [-0.3, -0.25) is 4.79 Å². The molecule has 0 heterocycles. The molecule has 0 atom stereocenters. The van der Waals surface area contributed by atoms with E-state index in [4.69, 9.17) is 11.6 Å². The largest absolute Gasteiger partial charge is 0.349 e. The quantitative estimate of drug-likeness (QED) is 0.843. The highest BCUT2D eigenvalue weighted by Crippen LogP contribution is 2.25. The summed E-state index contributed by atoms with van der Waals surface area (Å²) in [5, 5.41) is 3.00. The fraction of sp³-hybridized carbons (Fsp3) is 0.533. The van der Waals surface area contributed by atoms with Gasteiger partial charge in [-0.15, -0.1) is 11.6 Å². The summed E-state index contributed by atoms with van der Waals surface area (Å²) in [5.74, 6) is 0.725. The summed E-state index contributed by atoms with van der Waals surface area (Å²) in [5.41, 5.74) is 1.23. The maximum atomic E-state index is 13.2. The van der Waals surface area contributed by atoms with Crippen LogP contribution in [0.25, 0.3) is 0 Å². The van der Waals surface area contributed by atoms with E-state index in [0.29, 0.717) is 17.4 Å². The molecule has 1 N–H and O–H groups in total. The Hall–Kier alpha value is -1.09. The predicted octanol–water partition coefficient (Wildman–Crippen LogP) is 3.66. The van der Waals surface area contributed by atoms with Crippen molar-refractivity contribution in [3.05, 3.63) is 35.1 Å². The van der Waals surface area contributed by atoms with Gasteiger partial charge in [0.15, 0.2) is 0 Å². The van der Waals surface area contributed by atoms with E-state index in [9.17, 15) is 9.18 Å². The Kier molecular flexibility index (Phi) is 4.81. The SMILES string of the molecule is Cc1ccc(F)cc1C(=O)NC1CCC(CCl)CC1. The third-order valence-corrected chi connectivity index (χ3v) is 4.28. The molecule has 1 aliphatic carbocycles. The highest BCUT2D eigenvalue weighted by atomic mass is 35.5. The predicted molar refractivity (Wildman–Crippen MR) is 75.1 cm³/mol. The molecule has 0 aliphatic heterocycles. The summed E-state index contributed by atoms with van der Waals surface area (Å²) in [7, 11) is 0. The molecule has 0 spiro atoms. The fourth-order valence-electron chi connectivity index (χ4n) is 2.56. The van der Waals surface area contributed by atoms with Crippen LogP contribution in [0.1, 0.15) is 41.6 Å². The fourth-order valence-corrected chi connectivity index (χ4v) is 2.87. The highest BCUT2D eigenvalue weighted by Gasteiger charge is 2.22. The first-order valence-corrected chi connectivity index (χ1v) is 7.26. The first-order valence-electron chi connectivity index (χ1n) is 6.73. The van der Waals surface area contributed by atoms with Gasteiger partial charge in [-0.25, -0.2) is 4.39 Å². The van der Waals surface area contributed by atoms with Gasteiger partial charge in [-0.1, -0.05) is 6.07 Å².